The Morgan fingerprint density at radius 1 is 1.14 bits per heavy atom. The Hall–Kier alpha value is -3.26. The minimum atomic E-state index is -1.25. The van der Waals surface area contributed by atoms with Gasteiger partial charge < -0.3 is 20.2 Å². The molecule has 0 spiro atoms. The van der Waals surface area contributed by atoms with Crippen LogP contribution in [-0.4, -0.2) is 38.2 Å². The van der Waals surface area contributed by atoms with Crippen LogP contribution in [0.3, 0.4) is 0 Å². The molecule has 1 aromatic carbocycles. The van der Waals surface area contributed by atoms with Crippen LogP contribution in [0.1, 0.15) is 79.2 Å². The van der Waals surface area contributed by atoms with Gasteiger partial charge in [0.15, 0.2) is 0 Å². The summed E-state index contributed by atoms with van der Waals surface area (Å²) in [7, 11) is 0. The van der Waals surface area contributed by atoms with Crippen LogP contribution in [-0.2, 0) is 9.59 Å². The summed E-state index contributed by atoms with van der Waals surface area (Å²) in [6.45, 7) is 24.5. The van der Waals surface area contributed by atoms with Crippen molar-refractivity contribution in [3.8, 4) is 0 Å². The molecule has 1 aliphatic carbocycles. The maximum atomic E-state index is 14.2. The summed E-state index contributed by atoms with van der Waals surface area (Å²) in [6.07, 6.45) is 7.06. The monoisotopic (exact) mass is 608 g/mol. The molecule has 0 unspecified atom stereocenters. The van der Waals surface area contributed by atoms with Gasteiger partial charge in [0, 0.05) is 41.0 Å². The molecule has 1 fully saturated rings. The first-order valence-electron chi connectivity index (χ1n) is 14.8. The molecule has 0 saturated heterocycles. The van der Waals surface area contributed by atoms with Crippen molar-refractivity contribution in [1.29, 1.82) is 5.41 Å². The molecule has 6 nitrogen and oxygen atoms in total. The normalized spacial score (nSPS) is 19.4. The van der Waals surface area contributed by atoms with Gasteiger partial charge in [0.05, 0.1) is 5.41 Å². The van der Waals surface area contributed by atoms with Crippen LogP contribution >= 0.6 is 11.8 Å². The van der Waals surface area contributed by atoms with E-state index in [1.165, 1.54) is 49.6 Å². The van der Waals surface area contributed by atoms with Crippen molar-refractivity contribution in [2.24, 2.45) is 27.7 Å². The molecule has 8 heteroatoms. The highest BCUT2D eigenvalue weighted by Gasteiger charge is 2.36. The van der Waals surface area contributed by atoms with Gasteiger partial charge in [-0.1, -0.05) is 52.3 Å². The zero-order valence-electron chi connectivity index (χ0n) is 26.7. The van der Waals surface area contributed by atoms with Gasteiger partial charge in [-0.25, -0.2) is 9.38 Å². The van der Waals surface area contributed by atoms with Crippen molar-refractivity contribution in [2.45, 2.75) is 73.6 Å². The standard InChI is InChI=1S/C35H49FN4O2S/c1-23-10-12-28(13-11-23)19-40-31-16-29(36)14-15-30(31)25(3)18-39-26(4)32(33(37)38-9)35(8,22-42)27(5)43-20-24(2)17-34(6,7)21-41/h14-16,20-23,28,37,39-40H,3,5,9-13,17-19H2,1-2,4,6-8H3/b24-20+,32-26?,37-33?/t23?,28?,35-/m0/s1. The van der Waals surface area contributed by atoms with Crippen molar-refractivity contribution in [3.05, 3.63) is 69.9 Å². The zero-order chi connectivity index (χ0) is 32.4. The largest absolute Gasteiger partial charge is 0.384 e. The number of anilines is 1. The number of rotatable bonds is 16. The molecule has 0 aliphatic heterocycles. The summed E-state index contributed by atoms with van der Waals surface area (Å²) < 4.78 is 14.2. The topological polar surface area (TPSA) is 94.4 Å². The summed E-state index contributed by atoms with van der Waals surface area (Å²) >= 11 is 1.30. The first-order valence-corrected chi connectivity index (χ1v) is 15.7. The van der Waals surface area contributed by atoms with E-state index in [1.54, 1.807) is 19.9 Å². The van der Waals surface area contributed by atoms with E-state index in [-0.39, 0.29) is 11.7 Å². The fourth-order valence-electron chi connectivity index (χ4n) is 5.43. The smallest absolute Gasteiger partial charge is 0.150 e. The van der Waals surface area contributed by atoms with Gasteiger partial charge in [-0.2, -0.15) is 0 Å². The minimum Gasteiger partial charge on any atom is -0.384 e. The van der Waals surface area contributed by atoms with E-state index in [0.29, 0.717) is 40.7 Å². The van der Waals surface area contributed by atoms with Crippen LogP contribution in [0.25, 0.3) is 5.57 Å². The molecule has 0 amide bonds. The lowest BCUT2D eigenvalue weighted by Crippen LogP contribution is -2.31. The number of halogens is 1. The Morgan fingerprint density at radius 2 is 1.79 bits per heavy atom. The number of benzene rings is 1. The molecule has 0 heterocycles. The highest BCUT2D eigenvalue weighted by molar-refractivity contribution is 8.05. The SMILES string of the molecule is C=NC(=N)C(=C(C)NCC(=C)c1ccc(F)cc1NCC1CCC(C)CC1)[C@@](C)(C=O)C(=C)S/C=C(\C)CC(C)(C)C=O. The summed E-state index contributed by atoms with van der Waals surface area (Å²) in [5.74, 6) is 0.876. The zero-order valence-corrected chi connectivity index (χ0v) is 27.6. The molecule has 1 atom stereocenters. The van der Waals surface area contributed by atoms with Crippen molar-refractivity contribution in [2.75, 3.05) is 18.4 Å². The molecule has 0 aromatic heterocycles. The van der Waals surface area contributed by atoms with E-state index in [0.717, 1.165) is 41.7 Å². The molecule has 2 rings (SSSR count). The highest BCUT2D eigenvalue weighted by Crippen LogP contribution is 2.42. The van der Waals surface area contributed by atoms with Crippen LogP contribution in [0.4, 0.5) is 10.1 Å². The maximum absolute atomic E-state index is 14.2. The van der Waals surface area contributed by atoms with Gasteiger partial charge in [0.2, 0.25) is 0 Å². The van der Waals surface area contributed by atoms with Crippen LogP contribution in [0.2, 0.25) is 0 Å². The number of carbonyl (C=O) groups is 2. The lowest BCUT2D eigenvalue weighted by Gasteiger charge is -2.30. The molecule has 0 bridgehead atoms. The lowest BCUT2D eigenvalue weighted by molar-refractivity contribution is -0.114. The average Bonchev–Trinajstić information content (AvgIpc) is 2.97. The Kier molecular flexibility index (Phi) is 13.4. The van der Waals surface area contributed by atoms with Gasteiger partial charge >= 0.3 is 0 Å². The lowest BCUT2D eigenvalue weighted by atomic mass is 9.81. The first-order chi connectivity index (χ1) is 20.2. The third-order valence-electron chi connectivity index (χ3n) is 8.21. The third kappa shape index (κ3) is 10.2. The molecule has 0 radical (unpaired) electrons. The number of hydrogen-bond acceptors (Lipinski definition) is 6. The van der Waals surface area contributed by atoms with Gasteiger partial charge in [0.25, 0.3) is 0 Å². The number of carbonyl (C=O) groups excluding carboxylic acids is 2. The quantitative estimate of drug-likeness (QED) is 0.0993. The van der Waals surface area contributed by atoms with Crippen LogP contribution in [0.15, 0.2) is 63.5 Å². The third-order valence-corrected chi connectivity index (χ3v) is 9.43. The van der Waals surface area contributed by atoms with Crippen LogP contribution in [0.5, 0.6) is 0 Å². The van der Waals surface area contributed by atoms with Crippen molar-refractivity contribution >= 4 is 48.1 Å². The number of thioether (sulfide) groups is 1. The number of allylic oxidation sites excluding steroid dienone is 3. The fraction of sp³-hybridized carbons (Fsp3) is 0.486. The number of amidine groups is 1. The van der Waals surface area contributed by atoms with Gasteiger partial charge in [-0.05, 0) is 92.7 Å². The van der Waals surface area contributed by atoms with E-state index in [9.17, 15) is 14.0 Å². The number of hydrogen-bond donors (Lipinski definition) is 3. The Morgan fingerprint density at radius 3 is 2.37 bits per heavy atom. The summed E-state index contributed by atoms with van der Waals surface area (Å²) in [4.78, 5) is 28.3. The van der Waals surface area contributed by atoms with Crippen LogP contribution in [0, 0.1) is 33.9 Å². The Balaban J connectivity index is 2.26. The van der Waals surface area contributed by atoms with E-state index < -0.39 is 10.8 Å². The minimum absolute atomic E-state index is 0.138. The first kappa shape index (κ1) is 35.9. The average molecular weight is 609 g/mol. The molecular weight excluding hydrogens is 559 g/mol. The van der Waals surface area contributed by atoms with E-state index in [4.69, 9.17) is 5.41 Å². The van der Waals surface area contributed by atoms with Crippen molar-refractivity contribution in [3.63, 3.8) is 0 Å². The molecule has 1 aliphatic rings. The molecule has 43 heavy (non-hydrogen) atoms. The molecule has 3 N–H and O–H groups in total. The summed E-state index contributed by atoms with van der Waals surface area (Å²) in [5.41, 5.74) is 2.39. The van der Waals surface area contributed by atoms with Gasteiger partial charge in [-0.15, -0.1) is 11.8 Å². The molecule has 1 aromatic rings. The number of nitrogens with zero attached hydrogens (tertiary/aromatic N) is 1. The van der Waals surface area contributed by atoms with Gasteiger partial charge in [0.1, 0.15) is 24.2 Å². The number of nitrogens with one attached hydrogen (secondary N) is 3. The Bertz CT molecular complexity index is 1290. The number of aliphatic imine (C=N–C) groups is 1. The number of aldehydes is 2. The summed E-state index contributed by atoms with van der Waals surface area (Å²) in [5, 5.41) is 17.2. The predicted octanol–water partition coefficient (Wildman–Crippen LogP) is 8.59. The molecule has 234 valence electrons. The fourth-order valence-corrected chi connectivity index (χ4v) is 6.26. The summed E-state index contributed by atoms with van der Waals surface area (Å²) in [6, 6.07) is 4.66. The van der Waals surface area contributed by atoms with E-state index in [2.05, 4.69) is 42.4 Å². The Labute approximate surface area is 262 Å². The van der Waals surface area contributed by atoms with Crippen molar-refractivity contribution in [1.82, 2.24) is 5.32 Å². The second kappa shape index (κ2) is 16.0. The van der Waals surface area contributed by atoms with Crippen molar-refractivity contribution < 1.29 is 14.0 Å². The van der Waals surface area contributed by atoms with E-state index in [1.807, 2.05) is 26.2 Å². The second-order valence-electron chi connectivity index (χ2n) is 12.8. The van der Waals surface area contributed by atoms with Crippen LogP contribution < -0.4 is 10.6 Å². The predicted molar refractivity (Wildman–Crippen MR) is 182 cm³/mol. The molecular formula is C35H49FN4O2S. The highest BCUT2D eigenvalue weighted by atomic mass is 32.2. The van der Waals surface area contributed by atoms with E-state index >= 15 is 0 Å². The maximum Gasteiger partial charge on any atom is 0.150 e. The molecule has 1 saturated carbocycles. The van der Waals surface area contributed by atoms with Gasteiger partial charge in [-0.3, -0.25) is 5.41 Å². The second-order valence-corrected chi connectivity index (χ2v) is 13.7.